The summed E-state index contributed by atoms with van der Waals surface area (Å²) in [4.78, 5) is 19.0. The summed E-state index contributed by atoms with van der Waals surface area (Å²) in [6, 6.07) is 13.0. The van der Waals surface area contributed by atoms with Crippen molar-refractivity contribution in [1.82, 2.24) is 19.3 Å². The Balaban J connectivity index is 1.42. The summed E-state index contributed by atoms with van der Waals surface area (Å²) >= 11 is 0. The average molecular weight is 442 g/mol. The number of aryl methyl sites for hydroxylation is 1. The van der Waals surface area contributed by atoms with Gasteiger partial charge in [0.2, 0.25) is 10.0 Å². The van der Waals surface area contributed by atoms with Crippen molar-refractivity contribution in [1.29, 1.82) is 0 Å². The van der Waals surface area contributed by atoms with Crippen LogP contribution in [0.15, 0.2) is 57.9 Å². The van der Waals surface area contributed by atoms with Gasteiger partial charge in [0.15, 0.2) is 5.82 Å². The molecular weight excluding hydrogens is 418 g/mol. The molecule has 0 saturated carbocycles. The predicted molar refractivity (Wildman–Crippen MR) is 115 cm³/mol. The molecule has 4 rings (SSSR count). The minimum Gasteiger partial charge on any atom is -0.334 e. The zero-order valence-corrected chi connectivity index (χ0v) is 18.1. The van der Waals surface area contributed by atoms with E-state index in [0.29, 0.717) is 49.1 Å². The van der Waals surface area contributed by atoms with Crippen LogP contribution in [0, 0.1) is 6.92 Å². The van der Waals surface area contributed by atoms with Crippen LogP contribution in [0.1, 0.15) is 16.2 Å². The lowest BCUT2D eigenvalue weighted by atomic mass is 10.1. The van der Waals surface area contributed by atoms with E-state index >= 15 is 0 Å². The summed E-state index contributed by atoms with van der Waals surface area (Å²) in [6.07, 6.45) is 0. The number of nitrogens with one attached hydrogen (secondary N) is 1. The highest BCUT2D eigenvalue weighted by Crippen LogP contribution is 2.21. The second-order valence-electron chi connectivity index (χ2n) is 7.41. The number of nitrogens with zero attached hydrogens (tertiary/aromatic N) is 4. The Bertz CT molecular complexity index is 1170. The smallest absolute Gasteiger partial charge is 0.257 e. The van der Waals surface area contributed by atoms with Gasteiger partial charge >= 0.3 is 0 Å². The summed E-state index contributed by atoms with van der Waals surface area (Å²) in [5, 5.41) is 6.53. The number of rotatable bonds is 5. The van der Waals surface area contributed by atoms with Crippen LogP contribution >= 0.6 is 0 Å². The predicted octanol–water partition coefficient (Wildman–Crippen LogP) is 2.23. The molecule has 1 fully saturated rings. The molecule has 1 N–H and O–H groups in total. The lowest BCUT2D eigenvalue weighted by molar-refractivity contribution is 0.102. The highest BCUT2D eigenvalue weighted by Gasteiger charge is 2.27. The van der Waals surface area contributed by atoms with E-state index < -0.39 is 10.0 Å². The molecule has 9 nitrogen and oxygen atoms in total. The summed E-state index contributed by atoms with van der Waals surface area (Å²) in [5.41, 5.74) is 1.68. The van der Waals surface area contributed by atoms with Crippen LogP contribution in [-0.4, -0.2) is 66.9 Å². The van der Waals surface area contributed by atoms with Gasteiger partial charge < -0.3 is 14.7 Å². The number of carbonyl (C=O) groups is 1. The number of piperazine rings is 1. The normalized spacial score (nSPS) is 15.7. The van der Waals surface area contributed by atoms with Gasteiger partial charge in [-0.05, 0) is 62.5 Å². The van der Waals surface area contributed by atoms with Gasteiger partial charge in [-0.25, -0.2) is 8.42 Å². The van der Waals surface area contributed by atoms with Crippen LogP contribution in [0.5, 0.6) is 0 Å². The van der Waals surface area contributed by atoms with Crippen molar-refractivity contribution in [3.05, 3.63) is 59.9 Å². The Labute approximate surface area is 180 Å². The fourth-order valence-electron chi connectivity index (χ4n) is 3.27. The van der Waals surface area contributed by atoms with E-state index in [1.54, 1.807) is 43.3 Å². The van der Waals surface area contributed by atoms with E-state index in [4.69, 9.17) is 4.52 Å². The van der Waals surface area contributed by atoms with Gasteiger partial charge in [0.05, 0.1) is 4.90 Å². The SMILES string of the molecule is Cc1noc(-c2ccc(C(=O)Nc3ccc(S(=O)(=O)N4CCN(C)CC4)cc3)cc2)n1. The fourth-order valence-corrected chi connectivity index (χ4v) is 4.69. The van der Waals surface area contributed by atoms with Crippen molar-refractivity contribution in [2.75, 3.05) is 38.5 Å². The molecule has 2 aromatic carbocycles. The van der Waals surface area contributed by atoms with E-state index in [-0.39, 0.29) is 10.8 Å². The topological polar surface area (TPSA) is 109 Å². The number of sulfonamides is 1. The highest BCUT2D eigenvalue weighted by molar-refractivity contribution is 7.89. The first-order valence-corrected chi connectivity index (χ1v) is 11.3. The van der Waals surface area contributed by atoms with Gasteiger partial charge in [-0.15, -0.1) is 0 Å². The maximum Gasteiger partial charge on any atom is 0.257 e. The number of likely N-dealkylation sites (N-methyl/N-ethyl adjacent to an activating group) is 1. The number of aromatic nitrogens is 2. The molecule has 0 radical (unpaired) electrons. The molecule has 0 atom stereocenters. The molecule has 10 heteroatoms. The third kappa shape index (κ3) is 4.66. The molecule has 2 heterocycles. The van der Waals surface area contributed by atoms with E-state index in [1.165, 1.54) is 16.4 Å². The van der Waals surface area contributed by atoms with Gasteiger partial charge in [0, 0.05) is 43.0 Å². The number of anilines is 1. The standard InChI is InChI=1S/C21H23N5O4S/c1-15-22-21(30-24-15)17-5-3-16(4-6-17)20(27)23-18-7-9-19(10-8-18)31(28,29)26-13-11-25(2)12-14-26/h3-10H,11-14H2,1-2H3,(H,23,27). The summed E-state index contributed by atoms with van der Waals surface area (Å²) in [5.74, 6) is 0.624. The first kappa shape index (κ1) is 21.2. The van der Waals surface area contributed by atoms with Crippen LogP contribution in [0.2, 0.25) is 0 Å². The van der Waals surface area contributed by atoms with Crippen LogP contribution in [0.3, 0.4) is 0 Å². The Morgan fingerprint density at radius 3 is 2.23 bits per heavy atom. The molecule has 1 amide bonds. The van der Waals surface area contributed by atoms with Crippen molar-refractivity contribution < 1.29 is 17.7 Å². The van der Waals surface area contributed by atoms with Crippen molar-refractivity contribution in [2.45, 2.75) is 11.8 Å². The van der Waals surface area contributed by atoms with Gasteiger partial charge in [0.25, 0.3) is 11.8 Å². The summed E-state index contributed by atoms with van der Waals surface area (Å²) in [7, 11) is -1.57. The zero-order chi connectivity index (χ0) is 22.0. The Hall–Kier alpha value is -3.08. The molecule has 0 spiro atoms. The third-order valence-electron chi connectivity index (χ3n) is 5.13. The number of hydrogen-bond donors (Lipinski definition) is 1. The molecular formula is C21H23N5O4S. The van der Waals surface area contributed by atoms with Crippen LogP contribution < -0.4 is 5.32 Å². The Kier molecular flexibility index (Phi) is 5.86. The van der Waals surface area contributed by atoms with Crippen LogP contribution in [-0.2, 0) is 10.0 Å². The van der Waals surface area contributed by atoms with E-state index in [9.17, 15) is 13.2 Å². The number of benzene rings is 2. The molecule has 0 aliphatic carbocycles. The van der Waals surface area contributed by atoms with E-state index in [1.807, 2.05) is 7.05 Å². The molecule has 0 unspecified atom stereocenters. The lowest BCUT2D eigenvalue weighted by Gasteiger charge is -2.31. The average Bonchev–Trinajstić information content (AvgIpc) is 3.21. The first-order valence-electron chi connectivity index (χ1n) is 9.84. The number of amides is 1. The molecule has 162 valence electrons. The minimum absolute atomic E-state index is 0.217. The molecule has 31 heavy (non-hydrogen) atoms. The van der Waals surface area contributed by atoms with Crippen LogP contribution in [0.25, 0.3) is 11.5 Å². The van der Waals surface area contributed by atoms with E-state index in [2.05, 4.69) is 20.4 Å². The lowest BCUT2D eigenvalue weighted by Crippen LogP contribution is -2.46. The van der Waals surface area contributed by atoms with Crippen LogP contribution in [0.4, 0.5) is 5.69 Å². The number of hydrogen-bond acceptors (Lipinski definition) is 7. The maximum atomic E-state index is 12.8. The van der Waals surface area contributed by atoms with E-state index in [0.717, 1.165) is 5.56 Å². The summed E-state index contributed by atoms with van der Waals surface area (Å²) in [6.45, 7) is 4.08. The molecule has 1 aliphatic heterocycles. The quantitative estimate of drug-likeness (QED) is 0.647. The molecule has 1 saturated heterocycles. The molecule has 1 aliphatic rings. The molecule has 1 aromatic heterocycles. The Morgan fingerprint density at radius 1 is 1.00 bits per heavy atom. The highest BCUT2D eigenvalue weighted by atomic mass is 32.2. The van der Waals surface area contributed by atoms with Gasteiger partial charge in [-0.1, -0.05) is 5.16 Å². The third-order valence-corrected chi connectivity index (χ3v) is 7.05. The first-order chi connectivity index (χ1) is 14.8. The number of carbonyl (C=O) groups excluding carboxylic acids is 1. The fraction of sp³-hybridized carbons (Fsp3) is 0.286. The van der Waals surface area contributed by atoms with Crippen molar-refractivity contribution in [2.24, 2.45) is 0 Å². The monoisotopic (exact) mass is 441 g/mol. The molecule has 3 aromatic rings. The van der Waals surface area contributed by atoms with Crippen molar-refractivity contribution in [3.63, 3.8) is 0 Å². The van der Waals surface area contributed by atoms with Gasteiger partial charge in [-0.3, -0.25) is 4.79 Å². The Morgan fingerprint density at radius 2 is 1.65 bits per heavy atom. The van der Waals surface area contributed by atoms with Crippen molar-refractivity contribution in [3.8, 4) is 11.5 Å². The zero-order valence-electron chi connectivity index (χ0n) is 17.3. The second kappa shape index (κ2) is 8.58. The van der Waals surface area contributed by atoms with Gasteiger partial charge in [0.1, 0.15) is 0 Å². The van der Waals surface area contributed by atoms with Crippen molar-refractivity contribution >= 4 is 21.6 Å². The maximum absolute atomic E-state index is 12.8. The molecule has 0 bridgehead atoms. The second-order valence-corrected chi connectivity index (χ2v) is 9.35. The summed E-state index contributed by atoms with van der Waals surface area (Å²) < 4.78 is 32.2. The minimum atomic E-state index is -3.54. The van der Waals surface area contributed by atoms with Gasteiger partial charge in [-0.2, -0.15) is 9.29 Å². The largest absolute Gasteiger partial charge is 0.334 e.